The van der Waals surface area contributed by atoms with Crippen molar-refractivity contribution in [3.05, 3.63) is 10.6 Å². The fourth-order valence-electron chi connectivity index (χ4n) is 1.77. The SMILES string of the molecule is CCOC(=O)C1=C(C)N(OC(C)=O)[C@@H](OCC)CS1=O. The highest BCUT2D eigenvalue weighted by atomic mass is 32.2. The molecule has 2 atom stereocenters. The lowest BCUT2D eigenvalue weighted by molar-refractivity contribution is -0.221. The van der Waals surface area contributed by atoms with Crippen molar-refractivity contribution < 1.29 is 28.1 Å². The molecule has 0 bridgehead atoms. The van der Waals surface area contributed by atoms with E-state index in [0.29, 0.717) is 6.61 Å². The fraction of sp³-hybridized carbons (Fsp3) is 0.667. The summed E-state index contributed by atoms with van der Waals surface area (Å²) in [6, 6.07) is 0. The predicted octanol–water partition coefficient (Wildman–Crippen LogP) is 0.686. The summed E-state index contributed by atoms with van der Waals surface area (Å²) in [4.78, 5) is 28.0. The monoisotopic (exact) mass is 305 g/mol. The molecular weight excluding hydrogens is 286 g/mol. The van der Waals surface area contributed by atoms with Gasteiger partial charge in [0.05, 0.1) is 28.9 Å². The number of allylic oxidation sites excluding steroid dienone is 1. The Labute approximate surface area is 120 Å². The third kappa shape index (κ3) is 3.80. The summed E-state index contributed by atoms with van der Waals surface area (Å²) in [5, 5.41) is 1.18. The van der Waals surface area contributed by atoms with Crippen molar-refractivity contribution >= 4 is 22.7 Å². The second-order valence-corrected chi connectivity index (χ2v) is 5.40. The number of esters is 1. The van der Waals surface area contributed by atoms with Crippen LogP contribution in [0.1, 0.15) is 27.7 Å². The summed E-state index contributed by atoms with van der Waals surface area (Å²) in [6.45, 7) is 6.75. The smallest absolute Gasteiger partial charge is 0.349 e. The molecule has 0 saturated carbocycles. The molecule has 0 spiro atoms. The lowest BCUT2D eigenvalue weighted by atomic mass is 10.4. The molecule has 20 heavy (non-hydrogen) atoms. The van der Waals surface area contributed by atoms with E-state index in [4.69, 9.17) is 14.3 Å². The molecule has 0 N–H and O–H groups in total. The summed E-state index contributed by atoms with van der Waals surface area (Å²) >= 11 is 0. The molecule has 0 aromatic carbocycles. The zero-order chi connectivity index (χ0) is 15.3. The molecule has 1 aliphatic heterocycles. The van der Waals surface area contributed by atoms with Crippen LogP contribution in [0.2, 0.25) is 0 Å². The van der Waals surface area contributed by atoms with Crippen LogP contribution in [-0.2, 0) is 34.7 Å². The van der Waals surface area contributed by atoms with Gasteiger partial charge in [-0.15, -0.1) is 0 Å². The minimum atomic E-state index is -1.56. The molecule has 0 radical (unpaired) electrons. The Morgan fingerprint density at radius 3 is 2.50 bits per heavy atom. The fourth-order valence-corrected chi connectivity index (χ4v) is 3.09. The first-order chi connectivity index (χ1) is 9.42. The average Bonchev–Trinajstić information content (AvgIpc) is 2.34. The lowest BCUT2D eigenvalue weighted by Crippen LogP contribution is -2.46. The predicted molar refractivity (Wildman–Crippen MR) is 71.4 cm³/mol. The molecule has 0 aromatic rings. The number of hydrogen-bond donors (Lipinski definition) is 0. The van der Waals surface area contributed by atoms with E-state index in [1.807, 2.05) is 0 Å². The number of carbonyl (C=O) groups excluding carboxylic acids is 2. The van der Waals surface area contributed by atoms with Gasteiger partial charge in [0, 0.05) is 13.5 Å². The highest BCUT2D eigenvalue weighted by Crippen LogP contribution is 2.26. The van der Waals surface area contributed by atoms with Gasteiger partial charge in [0.25, 0.3) is 0 Å². The van der Waals surface area contributed by atoms with Crippen molar-refractivity contribution in [3.8, 4) is 0 Å². The van der Waals surface area contributed by atoms with E-state index in [2.05, 4.69) is 0 Å². The van der Waals surface area contributed by atoms with Crippen LogP contribution < -0.4 is 0 Å². The molecule has 0 aliphatic carbocycles. The summed E-state index contributed by atoms with van der Waals surface area (Å²) in [6.07, 6.45) is -0.678. The first-order valence-corrected chi connectivity index (χ1v) is 7.59. The summed E-state index contributed by atoms with van der Waals surface area (Å²) in [5.41, 5.74) is 0.265. The first kappa shape index (κ1) is 16.6. The van der Waals surface area contributed by atoms with Gasteiger partial charge >= 0.3 is 11.9 Å². The van der Waals surface area contributed by atoms with Crippen LogP contribution in [0.4, 0.5) is 0 Å². The maximum Gasteiger partial charge on any atom is 0.349 e. The maximum atomic E-state index is 12.1. The van der Waals surface area contributed by atoms with Crippen LogP contribution in [0.3, 0.4) is 0 Å². The van der Waals surface area contributed by atoms with Gasteiger partial charge in [0.15, 0.2) is 6.23 Å². The van der Waals surface area contributed by atoms with Gasteiger partial charge in [-0.2, -0.15) is 5.06 Å². The normalized spacial score (nSPS) is 22.7. The van der Waals surface area contributed by atoms with Crippen LogP contribution in [0.5, 0.6) is 0 Å². The van der Waals surface area contributed by atoms with Gasteiger partial charge in [0.1, 0.15) is 4.91 Å². The molecular formula is C12H19NO6S. The molecule has 0 amide bonds. The van der Waals surface area contributed by atoms with E-state index in [0.717, 1.165) is 0 Å². The Kier molecular flexibility index (Phi) is 6.15. The van der Waals surface area contributed by atoms with Crippen LogP contribution in [0.15, 0.2) is 10.6 Å². The largest absolute Gasteiger partial charge is 0.462 e. The zero-order valence-corrected chi connectivity index (χ0v) is 12.8. The van der Waals surface area contributed by atoms with Crippen molar-refractivity contribution in [3.63, 3.8) is 0 Å². The number of hydrogen-bond acceptors (Lipinski definition) is 7. The molecule has 0 aromatic heterocycles. The third-order valence-electron chi connectivity index (χ3n) is 2.49. The van der Waals surface area contributed by atoms with Crippen molar-refractivity contribution in [2.75, 3.05) is 19.0 Å². The molecule has 8 heteroatoms. The van der Waals surface area contributed by atoms with Crippen LogP contribution in [0, 0.1) is 0 Å². The van der Waals surface area contributed by atoms with Gasteiger partial charge in [0.2, 0.25) is 0 Å². The summed E-state index contributed by atoms with van der Waals surface area (Å²) in [7, 11) is -1.56. The van der Waals surface area contributed by atoms with Gasteiger partial charge in [-0.1, -0.05) is 0 Å². The van der Waals surface area contributed by atoms with E-state index in [1.165, 1.54) is 18.9 Å². The molecule has 7 nitrogen and oxygen atoms in total. The standard InChI is InChI=1S/C12H19NO6S/c1-5-17-10-7-20(16)11(12(15)18-6-2)8(3)13(10)19-9(4)14/h10H,5-7H2,1-4H3/t10-,20?/m0/s1. The van der Waals surface area contributed by atoms with Gasteiger partial charge < -0.3 is 14.3 Å². The molecule has 1 heterocycles. The van der Waals surface area contributed by atoms with Gasteiger partial charge in [-0.05, 0) is 20.8 Å². The molecule has 0 fully saturated rings. The van der Waals surface area contributed by atoms with Crippen molar-refractivity contribution in [2.24, 2.45) is 0 Å². The third-order valence-corrected chi connectivity index (χ3v) is 3.99. The highest BCUT2D eigenvalue weighted by Gasteiger charge is 2.37. The quantitative estimate of drug-likeness (QED) is 0.691. The molecule has 1 rings (SSSR count). The summed E-state index contributed by atoms with van der Waals surface area (Å²) in [5.74, 6) is -1.19. The van der Waals surface area contributed by atoms with Crippen LogP contribution in [0.25, 0.3) is 0 Å². The Morgan fingerprint density at radius 2 is 2.00 bits per heavy atom. The Morgan fingerprint density at radius 1 is 1.35 bits per heavy atom. The molecule has 114 valence electrons. The second kappa shape index (κ2) is 7.39. The highest BCUT2D eigenvalue weighted by molar-refractivity contribution is 7.90. The van der Waals surface area contributed by atoms with Gasteiger partial charge in [-0.25, -0.2) is 4.79 Å². The van der Waals surface area contributed by atoms with Crippen LogP contribution >= 0.6 is 0 Å². The van der Waals surface area contributed by atoms with Crippen molar-refractivity contribution in [2.45, 2.75) is 33.9 Å². The molecule has 1 aliphatic rings. The molecule has 0 saturated heterocycles. The number of carbonyl (C=O) groups is 2. The topological polar surface area (TPSA) is 82.1 Å². The number of hydroxylamine groups is 2. The zero-order valence-electron chi connectivity index (χ0n) is 12.0. The van der Waals surface area contributed by atoms with E-state index in [-0.39, 0.29) is 23.0 Å². The lowest BCUT2D eigenvalue weighted by Gasteiger charge is -2.35. The van der Waals surface area contributed by atoms with E-state index >= 15 is 0 Å². The minimum absolute atomic E-state index is 0.00375. The Bertz CT molecular complexity index is 447. The van der Waals surface area contributed by atoms with Crippen LogP contribution in [-0.4, -0.2) is 46.4 Å². The van der Waals surface area contributed by atoms with E-state index in [1.54, 1.807) is 13.8 Å². The van der Waals surface area contributed by atoms with Crippen molar-refractivity contribution in [1.82, 2.24) is 5.06 Å². The Balaban J connectivity index is 3.13. The molecule has 1 unspecified atom stereocenters. The maximum absolute atomic E-state index is 12.1. The van der Waals surface area contributed by atoms with E-state index < -0.39 is 29.0 Å². The number of nitrogens with zero attached hydrogens (tertiary/aromatic N) is 1. The van der Waals surface area contributed by atoms with E-state index in [9.17, 15) is 13.8 Å². The number of ether oxygens (including phenoxy) is 2. The average molecular weight is 305 g/mol. The van der Waals surface area contributed by atoms with Crippen molar-refractivity contribution in [1.29, 1.82) is 0 Å². The minimum Gasteiger partial charge on any atom is -0.462 e. The van der Waals surface area contributed by atoms with Gasteiger partial charge in [-0.3, -0.25) is 9.00 Å². The summed E-state index contributed by atoms with van der Waals surface area (Å²) < 4.78 is 22.4. The number of rotatable bonds is 5. The Hall–Kier alpha value is -1.41. The first-order valence-electron chi connectivity index (χ1n) is 6.28. The second-order valence-electron chi connectivity index (χ2n) is 3.97.